The summed E-state index contributed by atoms with van der Waals surface area (Å²) in [6, 6.07) is 0. The molecule has 0 aliphatic heterocycles. The van der Waals surface area contributed by atoms with Crippen LogP contribution in [0.15, 0.2) is 0 Å². The van der Waals surface area contributed by atoms with Gasteiger partial charge in [-0.1, -0.05) is 0 Å². The molecule has 7 heavy (non-hydrogen) atoms. The number of hydrogen-bond acceptors (Lipinski definition) is 0. The van der Waals surface area contributed by atoms with E-state index in [0.717, 1.165) is 0 Å². The molecule has 0 aromatic heterocycles. The fourth-order valence-corrected chi connectivity index (χ4v) is 0. The zero-order valence-corrected chi connectivity index (χ0v) is 14.3. The summed E-state index contributed by atoms with van der Waals surface area (Å²) in [7, 11) is 0. The molecule has 2 radical (unpaired) electrons. The van der Waals surface area contributed by atoms with E-state index in [2.05, 4.69) is 0 Å². The van der Waals surface area contributed by atoms with Crippen molar-refractivity contribution < 1.29 is 37.1 Å². The molecule has 7 heteroatoms. The van der Waals surface area contributed by atoms with Crippen molar-refractivity contribution in [3.63, 3.8) is 0 Å². The zero-order chi connectivity index (χ0) is 0. The molecule has 0 amide bonds. The van der Waals surface area contributed by atoms with Crippen molar-refractivity contribution in [2.75, 3.05) is 0 Å². The topological polar surface area (TPSA) is 0 Å². The summed E-state index contributed by atoms with van der Waals surface area (Å²) in [5, 5.41) is 0. The predicted octanol–water partition coefficient (Wildman–Crippen LogP) is -1.91. The van der Waals surface area contributed by atoms with Crippen molar-refractivity contribution in [1.82, 2.24) is 0 Å². The van der Waals surface area contributed by atoms with Crippen molar-refractivity contribution in [3.8, 4) is 0 Å². The third-order valence-corrected chi connectivity index (χ3v) is 0. The molecule has 0 fully saturated rings. The van der Waals surface area contributed by atoms with Gasteiger partial charge in [0.2, 0.25) is 0 Å². The first kappa shape index (κ1) is 72.4. The Morgan fingerprint density at radius 3 is 0.286 bits per heavy atom. The van der Waals surface area contributed by atoms with Crippen LogP contribution >= 0.6 is 0 Å². The maximum atomic E-state index is 0. The molecule has 0 unspecified atom stereocenters. The molecular formula is Se5V2-10. The van der Waals surface area contributed by atoms with Gasteiger partial charge < -0.3 is 85.3 Å². The van der Waals surface area contributed by atoms with E-state index in [9.17, 15) is 0 Å². The smallest absolute Gasteiger partial charge is 0 e. The largest absolute Gasteiger partial charge is 2.00 e. The standard InChI is InChI=1S/5Se.2V/q5*-2;;. The summed E-state index contributed by atoms with van der Waals surface area (Å²) in [6.07, 6.45) is 0. The van der Waals surface area contributed by atoms with Crippen LogP contribution in [0.25, 0.3) is 0 Å². The van der Waals surface area contributed by atoms with Crippen molar-refractivity contribution >= 4 is 85.3 Å². The average molecular weight is 497 g/mol. The van der Waals surface area contributed by atoms with Gasteiger partial charge in [0.1, 0.15) is 0 Å². The molecule has 0 aliphatic rings. The van der Waals surface area contributed by atoms with Crippen LogP contribution in [-0.2, 0) is 37.1 Å². The number of hydrogen-bond donors (Lipinski definition) is 0. The summed E-state index contributed by atoms with van der Waals surface area (Å²) in [4.78, 5) is 0. The van der Waals surface area contributed by atoms with Crippen LogP contribution in [0, 0.1) is 0 Å². The van der Waals surface area contributed by atoms with E-state index in [1.54, 1.807) is 0 Å². The average Bonchev–Trinajstić information content (AvgIpc) is 0. The second-order valence-electron chi connectivity index (χ2n) is 0. The fraction of sp³-hybridized carbons (Fsp3) is 0. The van der Waals surface area contributed by atoms with E-state index in [1.165, 1.54) is 0 Å². The van der Waals surface area contributed by atoms with Gasteiger partial charge in [0.05, 0.1) is 0 Å². The molecule has 0 rings (SSSR count). The Balaban J connectivity index is 0. The summed E-state index contributed by atoms with van der Waals surface area (Å²) >= 11 is 0. The SMILES string of the molecule is [Se-2].[Se-2].[Se-2].[Se-2].[Se-2].[V].[V]. The zero-order valence-electron chi connectivity index (χ0n) is 2.94. The Kier molecular flexibility index (Phi) is 547. The van der Waals surface area contributed by atoms with E-state index in [-0.39, 0.29) is 122 Å². The second-order valence-corrected chi connectivity index (χ2v) is 0. The number of rotatable bonds is 0. The quantitative estimate of drug-likeness (QED) is 0.344. The summed E-state index contributed by atoms with van der Waals surface area (Å²) < 4.78 is 0. The Morgan fingerprint density at radius 1 is 0.286 bits per heavy atom. The maximum Gasteiger partial charge on any atom is 0 e. The molecule has 50 valence electrons. The van der Waals surface area contributed by atoms with Crippen LogP contribution in [-0.4, -0.2) is 85.3 Å². The second kappa shape index (κ2) is 52.9. The summed E-state index contributed by atoms with van der Waals surface area (Å²) in [5.41, 5.74) is 0. The molecule has 0 saturated heterocycles. The Labute approximate surface area is 120 Å². The fourth-order valence-electron chi connectivity index (χ4n) is 0. The normalized spacial score (nSPS) is 0. The minimum absolute atomic E-state index is 0. The van der Waals surface area contributed by atoms with Gasteiger partial charge in [0.15, 0.2) is 0 Å². The van der Waals surface area contributed by atoms with Crippen LogP contribution in [0.4, 0.5) is 0 Å². The van der Waals surface area contributed by atoms with E-state index < -0.39 is 0 Å². The molecule has 0 nitrogen and oxygen atoms in total. The van der Waals surface area contributed by atoms with E-state index in [0.29, 0.717) is 0 Å². The van der Waals surface area contributed by atoms with E-state index >= 15 is 0 Å². The van der Waals surface area contributed by atoms with Crippen LogP contribution in [0.1, 0.15) is 0 Å². The molecule has 0 aromatic rings. The molecule has 0 bridgehead atoms. The van der Waals surface area contributed by atoms with Gasteiger partial charge in [-0.15, -0.1) is 0 Å². The first-order valence-electron chi connectivity index (χ1n) is 0. The first-order valence-corrected chi connectivity index (χ1v) is 0. The molecule has 0 aromatic carbocycles. The van der Waals surface area contributed by atoms with Crippen LogP contribution in [0.5, 0.6) is 0 Å². The van der Waals surface area contributed by atoms with Gasteiger partial charge >= 0.3 is 0 Å². The van der Waals surface area contributed by atoms with Crippen LogP contribution < -0.4 is 0 Å². The van der Waals surface area contributed by atoms with Gasteiger partial charge in [-0.05, 0) is 0 Å². The van der Waals surface area contributed by atoms with Crippen molar-refractivity contribution in [2.24, 2.45) is 0 Å². The van der Waals surface area contributed by atoms with Gasteiger partial charge in [0, 0.05) is 37.1 Å². The first-order chi connectivity index (χ1) is 0. The van der Waals surface area contributed by atoms with Crippen molar-refractivity contribution in [1.29, 1.82) is 0 Å². The van der Waals surface area contributed by atoms with Crippen LogP contribution in [0.3, 0.4) is 0 Å². The molecule has 0 aliphatic carbocycles. The predicted molar refractivity (Wildman–Crippen MR) is 28.8 cm³/mol. The van der Waals surface area contributed by atoms with Crippen molar-refractivity contribution in [2.45, 2.75) is 0 Å². The van der Waals surface area contributed by atoms with Gasteiger partial charge in [-0.25, -0.2) is 0 Å². The molecule has 0 saturated carbocycles. The molecule has 0 atom stereocenters. The van der Waals surface area contributed by atoms with Gasteiger partial charge in [0.25, 0.3) is 0 Å². The molecular weight excluding hydrogens is 497 g/mol. The monoisotopic (exact) mass is 501 g/mol. The third kappa shape index (κ3) is 41.5. The van der Waals surface area contributed by atoms with E-state index in [4.69, 9.17) is 0 Å². The third-order valence-electron chi connectivity index (χ3n) is 0. The summed E-state index contributed by atoms with van der Waals surface area (Å²) in [5.74, 6) is 0. The Morgan fingerprint density at radius 2 is 0.286 bits per heavy atom. The summed E-state index contributed by atoms with van der Waals surface area (Å²) in [6.45, 7) is 0. The minimum Gasteiger partial charge on any atom is -2.00 e. The molecule has 0 N–H and O–H groups in total. The minimum atomic E-state index is 0. The maximum absolute atomic E-state index is 0. The molecule has 0 heterocycles. The van der Waals surface area contributed by atoms with Crippen LogP contribution in [0.2, 0.25) is 0 Å². The Hall–Kier alpha value is 3.77. The van der Waals surface area contributed by atoms with E-state index in [1.807, 2.05) is 0 Å². The van der Waals surface area contributed by atoms with Gasteiger partial charge in [-0.3, -0.25) is 0 Å². The van der Waals surface area contributed by atoms with Crippen molar-refractivity contribution in [3.05, 3.63) is 0 Å². The van der Waals surface area contributed by atoms with Gasteiger partial charge in [-0.2, -0.15) is 0 Å². The Bertz CT molecular complexity index is 6.04. The molecule has 0 spiro atoms.